The van der Waals surface area contributed by atoms with Crippen LogP contribution in [0.25, 0.3) is 0 Å². The molecule has 10 heteroatoms. The van der Waals surface area contributed by atoms with E-state index in [-0.39, 0.29) is 25.6 Å². The normalized spacial score (nSPS) is 13.5. The summed E-state index contributed by atoms with van der Waals surface area (Å²) in [5.41, 5.74) is 0. The Hall–Kier alpha value is -1.25. The minimum Gasteiger partial charge on any atom is -0.462 e. The number of carbonyl (C=O) groups excluding carboxylic acids is 2. The fourth-order valence-corrected chi connectivity index (χ4v) is 6.30. The van der Waals surface area contributed by atoms with Crippen LogP contribution in [0.1, 0.15) is 187 Å². The topological polar surface area (TPSA) is 120 Å². The van der Waals surface area contributed by atoms with E-state index in [4.69, 9.17) is 18.5 Å². The molecular weight excluding hydrogens is 641 g/mol. The highest BCUT2D eigenvalue weighted by atomic mass is 31.2. The minimum atomic E-state index is -4.34. The fourth-order valence-electron chi connectivity index (χ4n) is 5.55. The fraction of sp³-hybridized carbons (Fsp3) is 0.897. The zero-order valence-corrected chi connectivity index (χ0v) is 32.8. The van der Waals surface area contributed by atoms with E-state index < -0.39 is 26.5 Å². The van der Waals surface area contributed by atoms with Crippen LogP contribution in [0.2, 0.25) is 0 Å². The molecule has 0 aliphatic carbocycles. The van der Waals surface area contributed by atoms with Crippen molar-refractivity contribution in [2.45, 2.75) is 193 Å². The summed E-state index contributed by atoms with van der Waals surface area (Å²) in [6.45, 7) is 4.21. The molecule has 0 bridgehead atoms. The summed E-state index contributed by atoms with van der Waals surface area (Å²) in [5, 5.41) is 2.82. The highest BCUT2D eigenvalue weighted by Crippen LogP contribution is 2.43. The van der Waals surface area contributed by atoms with E-state index in [0.29, 0.717) is 19.4 Å². The lowest BCUT2D eigenvalue weighted by Crippen LogP contribution is -2.29. The summed E-state index contributed by atoms with van der Waals surface area (Å²) in [5.74, 6) is -0.806. The second-order valence-corrected chi connectivity index (χ2v) is 14.9. The van der Waals surface area contributed by atoms with Crippen molar-refractivity contribution in [1.29, 1.82) is 0 Å². The molecule has 0 aromatic carbocycles. The molecule has 0 aliphatic heterocycles. The van der Waals surface area contributed by atoms with Crippen molar-refractivity contribution in [2.24, 2.45) is 0 Å². The van der Waals surface area contributed by atoms with Crippen molar-refractivity contribution in [1.82, 2.24) is 5.32 Å². The average Bonchev–Trinajstić information content (AvgIpc) is 3.08. The summed E-state index contributed by atoms with van der Waals surface area (Å²) < 4.78 is 33.1. The maximum Gasteiger partial charge on any atom is 0.472 e. The van der Waals surface area contributed by atoms with Crippen LogP contribution in [0.5, 0.6) is 0 Å². The molecule has 0 rings (SSSR count). The Labute approximate surface area is 301 Å². The van der Waals surface area contributed by atoms with E-state index in [0.717, 1.165) is 44.9 Å². The number of phosphoric acid groups is 1. The monoisotopic (exact) mass is 718 g/mol. The van der Waals surface area contributed by atoms with E-state index >= 15 is 0 Å². The maximum atomic E-state index is 12.6. The standard InChI is InChI=1S/C39H76NO8P/c1-4-6-8-10-12-14-16-18-19-20-22-24-26-28-30-32-39(42)48-37(36-47-49(43,44)46-34-33-40-3)35-45-38(41)31-29-27-25-23-21-17-15-13-11-9-7-5-2/h14,16,37,40H,4-13,15,17-36H2,1-3H3,(H,43,44)/b16-14-. The van der Waals surface area contributed by atoms with Crippen molar-refractivity contribution in [3.63, 3.8) is 0 Å². The Kier molecular flexibility index (Phi) is 35.6. The molecule has 0 amide bonds. The minimum absolute atomic E-state index is 0.0149. The van der Waals surface area contributed by atoms with Crippen LogP contribution in [0.15, 0.2) is 12.2 Å². The SMILES string of the molecule is CCCCCC/C=C\CCCCCCCCCC(=O)OC(COC(=O)CCCCCCCCCCCCCC)COP(=O)(O)OCCNC. The molecule has 0 aromatic rings. The zero-order valence-electron chi connectivity index (χ0n) is 31.9. The van der Waals surface area contributed by atoms with Gasteiger partial charge in [-0.3, -0.25) is 18.6 Å². The molecule has 2 atom stereocenters. The molecule has 0 saturated heterocycles. The number of likely N-dealkylation sites (N-methyl/N-ethyl adjacent to an activating group) is 1. The van der Waals surface area contributed by atoms with E-state index in [1.165, 1.54) is 109 Å². The first kappa shape index (κ1) is 47.8. The third-order valence-corrected chi connectivity index (χ3v) is 9.62. The van der Waals surface area contributed by atoms with E-state index in [1.807, 2.05) is 0 Å². The number of phosphoric ester groups is 1. The second-order valence-electron chi connectivity index (χ2n) is 13.5. The molecule has 9 nitrogen and oxygen atoms in total. The molecule has 0 aromatic heterocycles. The zero-order chi connectivity index (χ0) is 36.1. The lowest BCUT2D eigenvalue weighted by atomic mass is 10.0. The lowest BCUT2D eigenvalue weighted by molar-refractivity contribution is -0.161. The smallest absolute Gasteiger partial charge is 0.462 e. The largest absolute Gasteiger partial charge is 0.472 e. The summed E-state index contributed by atoms with van der Waals surface area (Å²) >= 11 is 0. The van der Waals surface area contributed by atoms with Gasteiger partial charge < -0.3 is 19.7 Å². The van der Waals surface area contributed by atoms with E-state index in [9.17, 15) is 19.0 Å². The second kappa shape index (κ2) is 36.5. The third-order valence-electron chi connectivity index (χ3n) is 8.64. The molecule has 0 spiro atoms. The van der Waals surface area contributed by atoms with Gasteiger partial charge >= 0.3 is 19.8 Å². The Morgan fingerprint density at radius 2 is 1.04 bits per heavy atom. The number of hydrogen-bond donors (Lipinski definition) is 2. The number of hydrogen-bond acceptors (Lipinski definition) is 8. The number of allylic oxidation sites excluding steroid dienone is 2. The van der Waals surface area contributed by atoms with Gasteiger partial charge in [-0.25, -0.2) is 4.57 Å². The van der Waals surface area contributed by atoms with Crippen molar-refractivity contribution >= 4 is 19.8 Å². The van der Waals surface area contributed by atoms with Crippen molar-refractivity contribution in [3.8, 4) is 0 Å². The van der Waals surface area contributed by atoms with Gasteiger partial charge in [-0.2, -0.15) is 0 Å². The molecule has 0 saturated carbocycles. The van der Waals surface area contributed by atoms with Gasteiger partial charge in [0.1, 0.15) is 6.61 Å². The predicted molar refractivity (Wildman–Crippen MR) is 202 cm³/mol. The van der Waals surface area contributed by atoms with Crippen LogP contribution in [-0.2, 0) is 32.7 Å². The molecule has 2 N–H and O–H groups in total. The van der Waals surface area contributed by atoms with E-state index in [2.05, 4.69) is 31.3 Å². The first-order valence-electron chi connectivity index (χ1n) is 20.1. The molecule has 0 heterocycles. The Balaban J connectivity index is 4.25. The third kappa shape index (κ3) is 36.3. The lowest BCUT2D eigenvalue weighted by Gasteiger charge is -2.20. The van der Waals surface area contributed by atoms with Gasteiger partial charge in [0.25, 0.3) is 0 Å². The first-order valence-corrected chi connectivity index (χ1v) is 21.6. The molecular formula is C39H76NO8P. The highest BCUT2D eigenvalue weighted by molar-refractivity contribution is 7.47. The molecule has 290 valence electrons. The number of rotatable bonds is 38. The molecule has 0 fully saturated rings. The summed E-state index contributed by atoms with van der Waals surface area (Å²) in [7, 11) is -2.64. The van der Waals surface area contributed by atoms with Crippen LogP contribution in [0.3, 0.4) is 0 Å². The van der Waals surface area contributed by atoms with Gasteiger partial charge in [0.2, 0.25) is 0 Å². The van der Waals surface area contributed by atoms with Gasteiger partial charge in [0.05, 0.1) is 13.2 Å². The first-order chi connectivity index (χ1) is 23.8. The molecule has 0 aliphatic rings. The number of unbranched alkanes of at least 4 members (excludes halogenated alkanes) is 22. The van der Waals surface area contributed by atoms with Gasteiger partial charge in [0.15, 0.2) is 6.10 Å². The summed E-state index contributed by atoms with van der Waals surface area (Å²) in [4.78, 5) is 34.9. The van der Waals surface area contributed by atoms with Crippen molar-refractivity contribution in [2.75, 3.05) is 33.4 Å². The number of nitrogens with one attached hydrogen (secondary N) is 1. The van der Waals surface area contributed by atoms with Crippen LogP contribution < -0.4 is 5.32 Å². The Bertz CT molecular complexity index is 825. The van der Waals surface area contributed by atoms with Crippen LogP contribution in [0, 0.1) is 0 Å². The van der Waals surface area contributed by atoms with Crippen LogP contribution in [0.4, 0.5) is 0 Å². The van der Waals surface area contributed by atoms with Crippen molar-refractivity contribution < 1.29 is 37.6 Å². The van der Waals surface area contributed by atoms with Gasteiger partial charge in [0, 0.05) is 19.4 Å². The van der Waals surface area contributed by atoms with Crippen LogP contribution >= 0.6 is 7.82 Å². The van der Waals surface area contributed by atoms with Crippen LogP contribution in [-0.4, -0.2) is 56.3 Å². The molecule has 49 heavy (non-hydrogen) atoms. The highest BCUT2D eigenvalue weighted by Gasteiger charge is 2.26. The molecule has 0 radical (unpaired) electrons. The molecule has 2 unspecified atom stereocenters. The Morgan fingerprint density at radius 1 is 0.612 bits per heavy atom. The predicted octanol–water partition coefficient (Wildman–Crippen LogP) is 10.9. The number of carbonyl (C=O) groups is 2. The number of esters is 2. The van der Waals surface area contributed by atoms with Gasteiger partial charge in [-0.15, -0.1) is 0 Å². The maximum absolute atomic E-state index is 12.6. The van der Waals surface area contributed by atoms with Gasteiger partial charge in [-0.05, 0) is 45.6 Å². The van der Waals surface area contributed by atoms with Gasteiger partial charge in [-0.1, -0.05) is 148 Å². The average molecular weight is 718 g/mol. The number of ether oxygens (including phenoxy) is 2. The summed E-state index contributed by atoms with van der Waals surface area (Å²) in [6, 6.07) is 0. The quantitative estimate of drug-likeness (QED) is 0.0278. The summed E-state index contributed by atoms with van der Waals surface area (Å²) in [6.07, 6.45) is 33.9. The van der Waals surface area contributed by atoms with E-state index in [1.54, 1.807) is 7.05 Å². The Morgan fingerprint density at radius 3 is 1.53 bits per heavy atom. The van der Waals surface area contributed by atoms with Crippen molar-refractivity contribution in [3.05, 3.63) is 12.2 Å².